The first-order chi connectivity index (χ1) is 20.6. The maximum atomic E-state index is 14.3. The Bertz CT molecular complexity index is 1730. The molecule has 0 spiro atoms. The quantitative estimate of drug-likeness (QED) is 0.369. The van der Waals surface area contributed by atoms with Crippen molar-refractivity contribution in [2.45, 2.75) is 63.9 Å². The Hall–Kier alpha value is -3.81. The van der Waals surface area contributed by atoms with Crippen LogP contribution in [0, 0.1) is 34.0 Å². The Morgan fingerprint density at radius 1 is 1.11 bits per heavy atom. The molecule has 1 amide bonds. The Kier molecular flexibility index (Phi) is 8.10. The molecule has 3 unspecified atom stereocenters. The van der Waals surface area contributed by atoms with Gasteiger partial charge < -0.3 is 9.80 Å². The standard InChI is InChI=1S/C34H41N5O4S/c1-33(2,3)31(37-44(42,43)24-14-12-23(13-15-24)38(6)7)32(41)39-20-27-29(34(27,4)5)30(39)28(40)16-22(17-35)26-19-36-18-21-10-8-9-11-25(21)26/h8-15,18-19,22,27,29-31,37H,16,20H2,1-7H3/t22?,27?,29?,30-,31-/m1/s1. The van der Waals surface area contributed by atoms with Crippen molar-refractivity contribution in [3.63, 3.8) is 0 Å². The van der Waals surface area contributed by atoms with Gasteiger partial charge >= 0.3 is 0 Å². The van der Waals surface area contributed by atoms with Crippen molar-refractivity contribution in [1.29, 1.82) is 5.26 Å². The van der Waals surface area contributed by atoms with Gasteiger partial charge in [0.2, 0.25) is 15.9 Å². The zero-order chi connectivity index (χ0) is 32.2. The van der Waals surface area contributed by atoms with Gasteiger partial charge in [0.15, 0.2) is 5.78 Å². The molecule has 44 heavy (non-hydrogen) atoms. The van der Waals surface area contributed by atoms with Crippen LogP contribution in [0.1, 0.15) is 52.5 Å². The fourth-order valence-electron chi connectivity index (χ4n) is 6.76. The number of Topliss-reactive ketones (excluding diaryl/α,β-unsaturated/α-hetero) is 1. The number of carbonyl (C=O) groups excluding carboxylic acids is 2. The minimum atomic E-state index is -4.05. The number of piperidine rings is 1. The summed E-state index contributed by atoms with van der Waals surface area (Å²) in [5.74, 6) is -1.28. The van der Waals surface area contributed by atoms with Crippen LogP contribution >= 0.6 is 0 Å². The van der Waals surface area contributed by atoms with Gasteiger partial charge in [-0.1, -0.05) is 58.9 Å². The number of nitrogens with zero attached hydrogens (tertiary/aromatic N) is 4. The number of anilines is 1. The third-order valence-electron chi connectivity index (χ3n) is 9.51. The first kappa shape index (κ1) is 31.6. The number of nitrogens with one attached hydrogen (secondary N) is 1. The first-order valence-corrected chi connectivity index (χ1v) is 16.4. The molecule has 9 nitrogen and oxygen atoms in total. The van der Waals surface area contributed by atoms with E-state index in [2.05, 4.69) is 29.6 Å². The van der Waals surface area contributed by atoms with E-state index in [0.717, 1.165) is 16.5 Å². The molecule has 2 aromatic carbocycles. The average molecular weight is 616 g/mol. The molecule has 1 aliphatic carbocycles. The smallest absolute Gasteiger partial charge is 0.241 e. The van der Waals surface area contributed by atoms with Gasteiger partial charge in [0.05, 0.1) is 22.9 Å². The number of rotatable bonds is 9. The van der Waals surface area contributed by atoms with Crippen LogP contribution in [-0.2, 0) is 19.6 Å². The van der Waals surface area contributed by atoms with Gasteiger partial charge in [-0.3, -0.25) is 14.6 Å². The highest BCUT2D eigenvalue weighted by molar-refractivity contribution is 7.89. The molecule has 1 aromatic heterocycles. The predicted molar refractivity (Wildman–Crippen MR) is 170 cm³/mol. The maximum absolute atomic E-state index is 14.3. The zero-order valence-electron chi connectivity index (χ0n) is 26.4. The van der Waals surface area contributed by atoms with Crippen LogP contribution in [0.3, 0.4) is 0 Å². The number of amides is 1. The Morgan fingerprint density at radius 2 is 1.77 bits per heavy atom. The summed E-state index contributed by atoms with van der Waals surface area (Å²) >= 11 is 0. The van der Waals surface area contributed by atoms with E-state index in [0.29, 0.717) is 12.1 Å². The summed E-state index contributed by atoms with van der Waals surface area (Å²) in [4.78, 5) is 36.2. The molecule has 0 radical (unpaired) electrons. The lowest BCUT2D eigenvalue weighted by Gasteiger charge is -2.37. The fraction of sp³-hybridized carbons (Fsp3) is 0.471. The van der Waals surface area contributed by atoms with Crippen LogP contribution in [-0.4, -0.2) is 62.7 Å². The second-order valence-electron chi connectivity index (χ2n) is 14.0. The number of likely N-dealkylation sites (tertiary alicyclic amines) is 1. The van der Waals surface area contributed by atoms with Gasteiger partial charge in [-0.05, 0) is 57.9 Å². The highest BCUT2D eigenvalue weighted by Gasteiger charge is 2.69. The van der Waals surface area contributed by atoms with Crippen LogP contribution in [0.25, 0.3) is 10.8 Å². The second-order valence-corrected chi connectivity index (χ2v) is 15.7. The van der Waals surface area contributed by atoms with Crippen molar-refractivity contribution >= 4 is 38.2 Å². The van der Waals surface area contributed by atoms with Gasteiger partial charge in [0.25, 0.3) is 0 Å². The van der Waals surface area contributed by atoms with E-state index in [4.69, 9.17) is 0 Å². The number of pyridine rings is 1. The molecule has 1 saturated heterocycles. The van der Waals surface area contributed by atoms with Crippen molar-refractivity contribution in [1.82, 2.24) is 14.6 Å². The summed E-state index contributed by atoms with van der Waals surface area (Å²) in [5, 5.41) is 11.9. The summed E-state index contributed by atoms with van der Waals surface area (Å²) in [6.45, 7) is 9.99. The normalized spacial score (nSPS) is 22.1. The van der Waals surface area contributed by atoms with Crippen molar-refractivity contribution in [2.75, 3.05) is 25.5 Å². The largest absolute Gasteiger partial charge is 0.378 e. The number of nitriles is 1. The van der Waals surface area contributed by atoms with E-state index in [-0.39, 0.29) is 34.4 Å². The molecule has 1 N–H and O–H groups in total. The molecule has 3 aromatic rings. The Balaban J connectivity index is 1.43. The molecule has 5 rings (SSSR count). The van der Waals surface area contributed by atoms with Gasteiger partial charge in [0.1, 0.15) is 6.04 Å². The fourth-order valence-corrected chi connectivity index (χ4v) is 8.15. The topological polar surface area (TPSA) is 123 Å². The van der Waals surface area contributed by atoms with Crippen LogP contribution in [0.2, 0.25) is 0 Å². The van der Waals surface area contributed by atoms with E-state index in [1.54, 1.807) is 29.4 Å². The van der Waals surface area contributed by atoms with E-state index in [9.17, 15) is 23.3 Å². The summed E-state index contributed by atoms with van der Waals surface area (Å²) in [5.41, 5.74) is 0.614. The maximum Gasteiger partial charge on any atom is 0.241 e. The first-order valence-electron chi connectivity index (χ1n) is 14.9. The number of aromatic nitrogens is 1. The molecule has 232 valence electrons. The number of sulfonamides is 1. The lowest BCUT2D eigenvalue weighted by Crippen LogP contribution is -2.58. The SMILES string of the molecule is CN(C)c1ccc(S(=O)(=O)N[C@H](C(=O)N2CC3C([C@H]2C(=O)CC(C#N)c2cncc4ccccc24)C3(C)C)C(C)(C)C)cc1. The van der Waals surface area contributed by atoms with Crippen LogP contribution < -0.4 is 9.62 Å². The Morgan fingerprint density at radius 3 is 2.39 bits per heavy atom. The number of hydrogen-bond acceptors (Lipinski definition) is 7. The van der Waals surface area contributed by atoms with E-state index in [1.807, 2.05) is 64.0 Å². The number of carbonyl (C=O) groups is 2. The molecule has 1 aliphatic heterocycles. The predicted octanol–water partition coefficient (Wildman–Crippen LogP) is 4.74. The average Bonchev–Trinajstić information content (AvgIpc) is 3.29. The number of benzene rings is 2. The molecule has 2 fully saturated rings. The molecule has 0 bridgehead atoms. The summed E-state index contributed by atoms with van der Waals surface area (Å²) in [6, 6.07) is 14.5. The highest BCUT2D eigenvalue weighted by atomic mass is 32.2. The van der Waals surface area contributed by atoms with Gasteiger partial charge in [-0.2, -0.15) is 9.98 Å². The molecule has 2 aliphatic rings. The Labute approximate surface area is 260 Å². The number of ketones is 1. The van der Waals surface area contributed by atoms with Crippen molar-refractivity contribution in [3.8, 4) is 6.07 Å². The second kappa shape index (κ2) is 11.3. The van der Waals surface area contributed by atoms with Crippen LogP contribution in [0.5, 0.6) is 0 Å². The van der Waals surface area contributed by atoms with E-state index in [1.165, 1.54) is 12.1 Å². The molecular formula is C34H41N5O4S. The monoisotopic (exact) mass is 615 g/mol. The third kappa shape index (κ3) is 5.71. The molecule has 10 heteroatoms. The summed E-state index contributed by atoms with van der Waals surface area (Å²) in [6.07, 6.45) is 3.30. The minimum Gasteiger partial charge on any atom is -0.378 e. The summed E-state index contributed by atoms with van der Waals surface area (Å²) in [7, 11) is -0.316. The number of fused-ring (bicyclic) bond motifs is 2. The van der Waals surface area contributed by atoms with Crippen LogP contribution in [0.4, 0.5) is 5.69 Å². The zero-order valence-corrected chi connectivity index (χ0v) is 27.2. The van der Waals surface area contributed by atoms with E-state index < -0.39 is 39.3 Å². The lowest BCUT2D eigenvalue weighted by atomic mass is 9.85. The van der Waals surface area contributed by atoms with E-state index >= 15 is 0 Å². The van der Waals surface area contributed by atoms with Crippen molar-refractivity contribution in [2.24, 2.45) is 22.7 Å². The van der Waals surface area contributed by atoms with Crippen molar-refractivity contribution in [3.05, 3.63) is 66.5 Å². The third-order valence-corrected chi connectivity index (χ3v) is 10.9. The molecule has 1 saturated carbocycles. The van der Waals surface area contributed by atoms with Gasteiger partial charge in [-0.15, -0.1) is 0 Å². The number of hydrogen-bond donors (Lipinski definition) is 1. The molecule has 5 atom stereocenters. The molecular weight excluding hydrogens is 574 g/mol. The lowest BCUT2D eigenvalue weighted by molar-refractivity contribution is -0.142. The highest BCUT2D eigenvalue weighted by Crippen LogP contribution is 2.65. The molecule has 2 heterocycles. The van der Waals surface area contributed by atoms with Crippen molar-refractivity contribution < 1.29 is 18.0 Å². The minimum absolute atomic E-state index is 0.0558. The van der Waals surface area contributed by atoms with Gasteiger partial charge in [0, 0.05) is 50.5 Å². The van der Waals surface area contributed by atoms with Crippen LogP contribution in [0.15, 0.2) is 65.8 Å². The van der Waals surface area contributed by atoms with Gasteiger partial charge in [-0.25, -0.2) is 8.42 Å². The summed E-state index contributed by atoms with van der Waals surface area (Å²) < 4.78 is 29.7.